The van der Waals surface area contributed by atoms with Gasteiger partial charge in [-0.15, -0.1) is 0 Å². The lowest BCUT2D eigenvalue weighted by Gasteiger charge is -2.26. The monoisotopic (exact) mass is 744 g/mol. The molecular formula is C40H48N4O6S2. The van der Waals surface area contributed by atoms with E-state index in [1.807, 2.05) is 27.7 Å². The van der Waals surface area contributed by atoms with Crippen LogP contribution < -0.4 is 20.1 Å². The number of ketones is 2. The number of carbonyl (C=O) groups is 2. The van der Waals surface area contributed by atoms with E-state index in [-0.39, 0.29) is 43.6 Å². The summed E-state index contributed by atoms with van der Waals surface area (Å²) in [5.74, 6) is -0.734. The van der Waals surface area contributed by atoms with Gasteiger partial charge in [-0.1, -0.05) is 63.1 Å². The second kappa shape index (κ2) is 15.3. The van der Waals surface area contributed by atoms with Gasteiger partial charge in [0.05, 0.1) is 32.3 Å². The fourth-order valence-corrected chi connectivity index (χ4v) is 10.2. The van der Waals surface area contributed by atoms with Gasteiger partial charge in [0.1, 0.15) is 0 Å². The SMILES string of the molecule is CCCCNS(=O)(=O)c1c(C)cc(C)c(Nc2ccc(Nc3c(C)cc(C)c(S(=O)(=O)NCCCC)c3C)c3c2C(=O)c2ccccc2C3=O)c1C. The summed E-state index contributed by atoms with van der Waals surface area (Å²) in [4.78, 5) is 29.0. The Kier molecular flexibility index (Phi) is 11.4. The van der Waals surface area contributed by atoms with Gasteiger partial charge in [-0.25, -0.2) is 26.3 Å². The van der Waals surface area contributed by atoms with Gasteiger partial charge in [0.15, 0.2) is 11.6 Å². The number of nitrogens with one attached hydrogen (secondary N) is 4. The van der Waals surface area contributed by atoms with Crippen LogP contribution in [0.1, 0.15) is 105 Å². The number of hydrogen-bond acceptors (Lipinski definition) is 8. The Bertz CT molecular complexity index is 2150. The fourth-order valence-electron chi connectivity index (χ4n) is 7.16. The van der Waals surface area contributed by atoms with E-state index >= 15 is 0 Å². The van der Waals surface area contributed by atoms with E-state index in [0.29, 0.717) is 70.9 Å². The van der Waals surface area contributed by atoms with Crippen LogP contribution in [0.3, 0.4) is 0 Å². The van der Waals surface area contributed by atoms with E-state index in [9.17, 15) is 26.4 Å². The van der Waals surface area contributed by atoms with Crippen molar-refractivity contribution < 1.29 is 26.4 Å². The zero-order valence-corrected chi connectivity index (χ0v) is 32.8. The molecule has 10 nitrogen and oxygen atoms in total. The Morgan fingerprint density at radius 3 is 1.25 bits per heavy atom. The van der Waals surface area contributed by atoms with Crippen LogP contribution in [0.5, 0.6) is 0 Å². The van der Waals surface area contributed by atoms with E-state index < -0.39 is 20.0 Å². The molecule has 0 spiro atoms. The van der Waals surface area contributed by atoms with Gasteiger partial charge in [0.25, 0.3) is 0 Å². The summed E-state index contributed by atoms with van der Waals surface area (Å²) in [5, 5.41) is 6.70. The zero-order chi connectivity index (χ0) is 38.1. The van der Waals surface area contributed by atoms with Gasteiger partial charge < -0.3 is 10.6 Å². The summed E-state index contributed by atoms with van der Waals surface area (Å²) in [7, 11) is -7.69. The molecule has 0 unspecified atom stereocenters. The highest BCUT2D eigenvalue weighted by atomic mass is 32.2. The first-order valence-electron chi connectivity index (χ1n) is 17.7. The van der Waals surface area contributed by atoms with Crippen molar-refractivity contribution in [2.24, 2.45) is 0 Å². The third-order valence-electron chi connectivity index (χ3n) is 9.58. The quantitative estimate of drug-likeness (QED) is 0.0837. The minimum absolute atomic E-state index is 0.134. The number of unbranched alkanes of at least 4 members (excludes halogenated alkanes) is 2. The molecule has 0 radical (unpaired) electrons. The molecule has 4 aromatic rings. The third kappa shape index (κ3) is 7.30. The maximum atomic E-state index is 14.3. The van der Waals surface area contributed by atoms with E-state index in [4.69, 9.17) is 0 Å². The van der Waals surface area contributed by atoms with E-state index in [1.165, 1.54) is 0 Å². The van der Waals surface area contributed by atoms with Gasteiger partial charge in [0.2, 0.25) is 20.0 Å². The van der Waals surface area contributed by atoms with Crippen molar-refractivity contribution >= 4 is 54.4 Å². The van der Waals surface area contributed by atoms with Crippen molar-refractivity contribution in [3.05, 3.63) is 104 Å². The number of anilines is 4. The lowest BCUT2D eigenvalue weighted by atomic mass is 9.82. The van der Waals surface area contributed by atoms with Crippen LogP contribution in [0.4, 0.5) is 22.7 Å². The highest BCUT2D eigenvalue weighted by Crippen LogP contribution is 2.42. The third-order valence-corrected chi connectivity index (χ3v) is 13.1. The van der Waals surface area contributed by atoms with E-state index in [0.717, 1.165) is 24.0 Å². The number of aryl methyl sites for hydroxylation is 4. The van der Waals surface area contributed by atoms with E-state index in [1.54, 1.807) is 76.2 Å². The Balaban J connectivity index is 1.67. The van der Waals surface area contributed by atoms with Crippen LogP contribution in [0, 0.1) is 41.5 Å². The van der Waals surface area contributed by atoms with Crippen molar-refractivity contribution in [2.45, 2.75) is 90.9 Å². The van der Waals surface area contributed by atoms with Crippen molar-refractivity contribution in [1.29, 1.82) is 0 Å². The summed E-state index contributed by atoms with van der Waals surface area (Å²) in [6, 6.07) is 13.6. The number of sulfonamides is 2. The average Bonchev–Trinajstić information content (AvgIpc) is 3.07. The number of carbonyl (C=O) groups excluding carboxylic acids is 2. The maximum absolute atomic E-state index is 14.3. The first-order valence-corrected chi connectivity index (χ1v) is 20.6. The molecule has 0 bridgehead atoms. The Labute approximate surface area is 307 Å². The fraction of sp³-hybridized carbons (Fsp3) is 0.350. The molecular weight excluding hydrogens is 697 g/mol. The molecule has 0 atom stereocenters. The maximum Gasteiger partial charge on any atom is 0.241 e. The summed E-state index contributed by atoms with van der Waals surface area (Å²) in [6.07, 6.45) is 3.08. The minimum Gasteiger partial charge on any atom is -0.354 e. The molecule has 4 N–H and O–H groups in total. The van der Waals surface area contributed by atoms with Crippen molar-refractivity contribution in [1.82, 2.24) is 9.44 Å². The predicted octanol–water partition coefficient (Wildman–Crippen LogP) is 7.96. The minimum atomic E-state index is -3.84. The highest BCUT2D eigenvalue weighted by molar-refractivity contribution is 7.90. The van der Waals surface area contributed by atoms with Crippen molar-refractivity contribution in [3.63, 3.8) is 0 Å². The van der Waals surface area contributed by atoms with Crippen LogP contribution in [0.25, 0.3) is 0 Å². The molecule has 52 heavy (non-hydrogen) atoms. The molecule has 0 fully saturated rings. The lowest BCUT2D eigenvalue weighted by molar-refractivity contribution is 0.0980. The second-order valence-corrected chi connectivity index (χ2v) is 17.0. The van der Waals surface area contributed by atoms with Gasteiger partial charge in [-0.05, 0) is 99.9 Å². The summed E-state index contributed by atoms with van der Waals surface area (Å²) < 4.78 is 59.4. The Morgan fingerprint density at radius 1 is 0.538 bits per heavy atom. The second-order valence-electron chi connectivity index (χ2n) is 13.5. The predicted molar refractivity (Wildman–Crippen MR) is 208 cm³/mol. The lowest BCUT2D eigenvalue weighted by Crippen LogP contribution is -2.27. The molecule has 12 heteroatoms. The molecule has 1 aliphatic carbocycles. The average molecular weight is 745 g/mol. The molecule has 4 aromatic carbocycles. The normalized spacial score (nSPS) is 12.8. The largest absolute Gasteiger partial charge is 0.354 e. The molecule has 276 valence electrons. The molecule has 0 aromatic heterocycles. The van der Waals surface area contributed by atoms with Gasteiger partial charge in [-0.3, -0.25) is 9.59 Å². The molecule has 0 aliphatic heterocycles. The topological polar surface area (TPSA) is 151 Å². The molecule has 1 aliphatic rings. The summed E-state index contributed by atoms with van der Waals surface area (Å²) in [5.41, 5.74) is 6.18. The molecule has 0 amide bonds. The summed E-state index contributed by atoms with van der Waals surface area (Å²) >= 11 is 0. The first-order chi connectivity index (χ1) is 24.5. The van der Waals surface area contributed by atoms with Crippen LogP contribution in [0.2, 0.25) is 0 Å². The Hall–Kier alpha value is -4.36. The van der Waals surface area contributed by atoms with Gasteiger partial charge in [0, 0.05) is 35.6 Å². The first kappa shape index (κ1) is 38.9. The van der Waals surface area contributed by atoms with Crippen LogP contribution in [-0.2, 0) is 20.0 Å². The number of hydrogen-bond donors (Lipinski definition) is 4. The van der Waals surface area contributed by atoms with E-state index in [2.05, 4.69) is 20.1 Å². The smallest absolute Gasteiger partial charge is 0.241 e. The molecule has 5 rings (SSSR count). The zero-order valence-electron chi connectivity index (χ0n) is 31.1. The Morgan fingerprint density at radius 2 is 0.904 bits per heavy atom. The molecule has 0 saturated heterocycles. The standard InChI is InChI=1S/C40H48N4O6S2/c1-9-11-19-41-51(47,48)39-25(5)21-23(3)35(27(39)7)43-31-17-18-32(34-33(31)37(45)29-15-13-14-16-30(29)38(34)46)44-36-24(4)22-26(6)40(28(36)8)52(49,50)42-20-12-10-2/h13-18,21-22,41-44H,9-12,19-20H2,1-8H3. The van der Waals surface area contributed by atoms with Gasteiger partial charge >= 0.3 is 0 Å². The van der Waals surface area contributed by atoms with Crippen LogP contribution in [0.15, 0.2) is 58.3 Å². The number of fused-ring (bicyclic) bond motifs is 2. The molecule has 0 heterocycles. The van der Waals surface area contributed by atoms with Crippen molar-refractivity contribution in [3.8, 4) is 0 Å². The van der Waals surface area contributed by atoms with Crippen LogP contribution in [-0.4, -0.2) is 41.5 Å². The molecule has 0 saturated carbocycles. The highest BCUT2D eigenvalue weighted by Gasteiger charge is 2.35. The number of rotatable bonds is 14. The van der Waals surface area contributed by atoms with Crippen LogP contribution >= 0.6 is 0 Å². The van der Waals surface area contributed by atoms with Crippen molar-refractivity contribution in [2.75, 3.05) is 23.7 Å². The number of benzene rings is 4. The summed E-state index contributed by atoms with van der Waals surface area (Å²) in [6.45, 7) is 15.3. The van der Waals surface area contributed by atoms with Gasteiger partial charge in [-0.2, -0.15) is 0 Å².